The monoisotopic (exact) mass is 505 g/mol. The van der Waals surface area contributed by atoms with Gasteiger partial charge in [0.1, 0.15) is 6.61 Å². The molecule has 2 N–H and O–H groups in total. The molecule has 2 aromatic rings. The van der Waals surface area contributed by atoms with E-state index in [9.17, 15) is 9.59 Å². The summed E-state index contributed by atoms with van der Waals surface area (Å²) in [7, 11) is 0. The van der Waals surface area contributed by atoms with E-state index < -0.39 is 6.09 Å². The predicted molar refractivity (Wildman–Crippen MR) is 145 cm³/mol. The lowest BCUT2D eigenvalue weighted by atomic mass is 9.80. The molecule has 3 unspecified atom stereocenters. The summed E-state index contributed by atoms with van der Waals surface area (Å²) in [5.41, 5.74) is 3.28. The molecule has 4 rings (SSSR count). The molecule has 0 bridgehead atoms. The van der Waals surface area contributed by atoms with Crippen LogP contribution in [0.3, 0.4) is 0 Å². The lowest BCUT2D eigenvalue weighted by molar-refractivity contribution is 0.0787. The maximum absolute atomic E-state index is 13.2. The fourth-order valence-electron chi connectivity index (χ4n) is 5.71. The summed E-state index contributed by atoms with van der Waals surface area (Å²) in [6.45, 7) is 13.2. The Morgan fingerprint density at radius 1 is 1.30 bits per heavy atom. The van der Waals surface area contributed by atoms with Crippen molar-refractivity contribution in [1.82, 2.24) is 20.1 Å². The molecule has 0 saturated carbocycles. The lowest BCUT2D eigenvalue weighted by Crippen LogP contribution is -2.44. The molecule has 0 spiro atoms. The number of benzene rings is 1. The zero-order valence-electron chi connectivity index (χ0n) is 22.2. The number of anilines is 1. The predicted octanol–water partition coefficient (Wildman–Crippen LogP) is 4.78. The van der Waals surface area contributed by atoms with Gasteiger partial charge in [0, 0.05) is 42.5 Å². The minimum atomic E-state index is -0.400. The van der Waals surface area contributed by atoms with Crippen LogP contribution in [0.1, 0.15) is 67.3 Å². The van der Waals surface area contributed by atoms with Crippen LogP contribution in [0.2, 0.25) is 0 Å². The number of likely N-dealkylation sites (N-methyl/N-ethyl adjacent to an activating group) is 1. The first-order valence-corrected chi connectivity index (χ1v) is 13.4. The van der Waals surface area contributed by atoms with Crippen molar-refractivity contribution >= 4 is 17.7 Å². The van der Waals surface area contributed by atoms with E-state index in [1.54, 1.807) is 17.2 Å². The van der Waals surface area contributed by atoms with Gasteiger partial charge in [-0.15, -0.1) is 0 Å². The second kappa shape index (κ2) is 12.2. The van der Waals surface area contributed by atoms with Crippen LogP contribution in [0, 0.1) is 5.92 Å². The number of amides is 2. The molecule has 37 heavy (non-hydrogen) atoms. The third-order valence-corrected chi connectivity index (χ3v) is 7.61. The fraction of sp³-hybridized carbons (Fsp3) is 0.483. The zero-order chi connectivity index (χ0) is 26.4. The number of fused-ring (bicyclic) bond motifs is 1. The summed E-state index contributed by atoms with van der Waals surface area (Å²) in [4.78, 5) is 35.0. The number of hydrogen-bond donors (Lipinski definition) is 2. The standard InChI is InChI=1S/C29H39N5O3/c1-5-17-37-29(36)34(7-3)27-20(4)26(25-12-8-9-15-30-25)32-24-14-13-21(18-23(24)27)28(35)31-19-22-11-10-16-33(22)6-2/h5,8-9,12-15,18,20,22,26-27,32H,1,6-7,10-11,16-17,19H2,2-4H3,(H,31,35)/t20?,22?,26?,27-/m0/s1. The van der Waals surface area contributed by atoms with Gasteiger partial charge < -0.3 is 20.3 Å². The lowest BCUT2D eigenvalue weighted by Gasteiger charge is -2.43. The maximum Gasteiger partial charge on any atom is 0.410 e. The number of nitrogens with one attached hydrogen (secondary N) is 2. The largest absolute Gasteiger partial charge is 0.445 e. The summed E-state index contributed by atoms with van der Waals surface area (Å²) in [5.74, 6) is -0.130. The number of rotatable bonds is 9. The van der Waals surface area contributed by atoms with Crippen molar-refractivity contribution in [1.29, 1.82) is 0 Å². The minimum absolute atomic E-state index is 0.0338. The minimum Gasteiger partial charge on any atom is -0.445 e. The molecule has 198 valence electrons. The van der Waals surface area contributed by atoms with Crippen LogP contribution in [-0.4, -0.2) is 65.6 Å². The molecule has 0 radical (unpaired) electrons. The maximum atomic E-state index is 13.2. The van der Waals surface area contributed by atoms with Crippen molar-refractivity contribution in [3.8, 4) is 0 Å². The molecule has 2 aliphatic rings. The van der Waals surface area contributed by atoms with Crippen molar-refractivity contribution in [2.24, 2.45) is 5.92 Å². The smallest absolute Gasteiger partial charge is 0.410 e. The number of likely N-dealkylation sites (tertiary alicyclic amines) is 1. The first-order chi connectivity index (χ1) is 18.0. The zero-order valence-corrected chi connectivity index (χ0v) is 22.2. The van der Waals surface area contributed by atoms with Gasteiger partial charge in [-0.25, -0.2) is 4.79 Å². The van der Waals surface area contributed by atoms with E-state index in [0.29, 0.717) is 24.7 Å². The molecule has 0 aliphatic carbocycles. The molecule has 1 saturated heterocycles. The Morgan fingerprint density at radius 3 is 2.84 bits per heavy atom. The van der Waals surface area contributed by atoms with Crippen LogP contribution in [0.15, 0.2) is 55.3 Å². The number of aromatic nitrogens is 1. The molecular weight excluding hydrogens is 466 g/mol. The highest BCUT2D eigenvalue weighted by Crippen LogP contribution is 2.46. The number of nitrogens with zero attached hydrogens (tertiary/aromatic N) is 3. The van der Waals surface area contributed by atoms with Gasteiger partial charge in [-0.05, 0) is 68.8 Å². The Morgan fingerprint density at radius 2 is 2.14 bits per heavy atom. The van der Waals surface area contributed by atoms with Gasteiger partial charge in [0.2, 0.25) is 0 Å². The highest BCUT2D eigenvalue weighted by atomic mass is 16.6. The van der Waals surface area contributed by atoms with E-state index in [0.717, 1.165) is 36.5 Å². The average Bonchev–Trinajstić information content (AvgIpc) is 3.39. The van der Waals surface area contributed by atoms with Gasteiger partial charge in [0.05, 0.1) is 17.8 Å². The Bertz CT molecular complexity index is 1090. The SMILES string of the molecule is C=CCOC(=O)N(CC)[C@@H]1c2cc(C(=O)NCC3CCCN3CC)ccc2NC(c2ccccn2)C1C. The van der Waals surface area contributed by atoms with E-state index >= 15 is 0 Å². The Kier molecular flexibility index (Phi) is 8.82. The summed E-state index contributed by atoms with van der Waals surface area (Å²) in [6, 6.07) is 11.5. The van der Waals surface area contributed by atoms with Gasteiger partial charge in [0.15, 0.2) is 0 Å². The number of pyridine rings is 1. The fourth-order valence-corrected chi connectivity index (χ4v) is 5.71. The van der Waals surface area contributed by atoms with Gasteiger partial charge in [-0.2, -0.15) is 0 Å². The van der Waals surface area contributed by atoms with Crippen molar-refractivity contribution in [3.63, 3.8) is 0 Å². The van der Waals surface area contributed by atoms with Gasteiger partial charge in [-0.3, -0.25) is 14.7 Å². The van der Waals surface area contributed by atoms with Crippen LogP contribution >= 0.6 is 0 Å². The molecule has 1 aromatic carbocycles. The van der Waals surface area contributed by atoms with E-state index in [-0.39, 0.29) is 30.5 Å². The van der Waals surface area contributed by atoms with E-state index in [2.05, 4.69) is 40.9 Å². The number of carbonyl (C=O) groups is 2. The third kappa shape index (κ3) is 5.80. The van der Waals surface area contributed by atoms with Crippen LogP contribution in [0.4, 0.5) is 10.5 Å². The molecule has 8 heteroatoms. The highest BCUT2D eigenvalue weighted by Gasteiger charge is 2.40. The topological polar surface area (TPSA) is 86.8 Å². The van der Waals surface area contributed by atoms with Crippen LogP contribution < -0.4 is 10.6 Å². The molecule has 3 heterocycles. The Labute approximate surface area is 220 Å². The molecule has 8 nitrogen and oxygen atoms in total. The quantitative estimate of drug-likeness (QED) is 0.477. The van der Waals surface area contributed by atoms with Crippen molar-refractivity contribution < 1.29 is 14.3 Å². The molecule has 1 fully saturated rings. The summed E-state index contributed by atoms with van der Waals surface area (Å²) < 4.78 is 5.44. The van der Waals surface area contributed by atoms with Gasteiger partial charge in [-0.1, -0.05) is 32.6 Å². The summed E-state index contributed by atoms with van der Waals surface area (Å²) in [5, 5.41) is 6.75. The summed E-state index contributed by atoms with van der Waals surface area (Å²) >= 11 is 0. The normalized spacial score (nSPS) is 23.0. The summed E-state index contributed by atoms with van der Waals surface area (Å²) in [6.07, 6.45) is 5.22. The van der Waals surface area contributed by atoms with Crippen LogP contribution in [0.5, 0.6) is 0 Å². The van der Waals surface area contributed by atoms with Gasteiger partial charge in [0.25, 0.3) is 5.91 Å². The third-order valence-electron chi connectivity index (χ3n) is 7.61. The number of carbonyl (C=O) groups excluding carboxylic acids is 2. The molecule has 2 amide bonds. The molecule has 2 aliphatic heterocycles. The van der Waals surface area contributed by atoms with E-state index in [4.69, 9.17) is 4.74 Å². The van der Waals surface area contributed by atoms with Crippen molar-refractivity contribution in [2.75, 3.05) is 38.1 Å². The van der Waals surface area contributed by atoms with E-state index in [1.165, 1.54) is 6.42 Å². The molecular formula is C29H39N5O3. The first-order valence-electron chi connectivity index (χ1n) is 13.4. The van der Waals surface area contributed by atoms with Gasteiger partial charge >= 0.3 is 6.09 Å². The Balaban J connectivity index is 1.64. The van der Waals surface area contributed by atoms with E-state index in [1.807, 2.05) is 43.3 Å². The first kappa shape index (κ1) is 26.7. The van der Waals surface area contributed by atoms with Crippen molar-refractivity contribution in [2.45, 2.75) is 51.7 Å². The second-order valence-electron chi connectivity index (χ2n) is 9.77. The Hall–Kier alpha value is -3.39. The molecule has 1 aromatic heterocycles. The second-order valence-corrected chi connectivity index (χ2v) is 9.77. The van der Waals surface area contributed by atoms with Crippen LogP contribution in [-0.2, 0) is 4.74 Å². The average molecular weight is 506 g/mol. The van der Waals surface area contributed by atoms with Crippen molar-refractivity contribution in [3.05, 3.63) is 72.1 Å². The highest BCUT2D eigenvalue weighted by molar-refractivity contribution is 5.95. The molecule has 4 atom stereocenters. The van der Waals surface area contributed by atoms with Crippen LogP contribution in [0.25, 0.3) is 0 Å². The number of hydrogen-bond acceptors (Lipinski definition) is 6. The number of ether oxygens (including phenoxy) is 1.